The van der Waals surface area contributed by atoms with Crippen molar-refractivity contribution in [3.05, 3.63) is 84.7 Å². The zero-order chi connectivity index (χ0) is 19.2. The van der Waals surface area contributed by atoms with E-state index in [1.165, 1.54) is 0 Å². The Kier molecular flexibility index (Phi) is 5.68. The van der Waals surface area contributed by atoms with Gasteiger partial charge in [-0.15, -0.1) is 10.2 Å². The van der Waals surface area contributed by atoms with E-state index in [9.17, 15) is 0 Å². The summed E-state index contributed by atoms with van der Waals surface area (Å²) in [7, 11) is 0. The number of hydrogen-bond donors (Lipinski definition) is 0. The maximum atomic E-state index is 5.80. The Morgan fingerprint density at radius 1 is 0.929 bits per heavy atom. The maximum Gasteiger partial charge on any atom is 0.196 e. The van der Waals surface area contributed by atoms with E-state index in [0.29, 0.717) is 6.61 Å². The quantitative estimate of drug-likeness (QED) is 0.336. The van der Waals surface area contributed by atoms with Gasteiger partial charge >= 0.3 is 0 Å². The molecule has 0 saturated carbocycles. The predicted octanol–water partition coefficient (Wildman–Crippen LogP) is 4.81. The van der Waals surface area contributed by atoms with Crippen LogP contribution in [0.2, 0.25) is 0 Å². The lowest BCUT2D eigenvalue weighted by molar-refractivity contribution is 0.344. The molecule has 0 N–H and O–H groups in total. The number of benzene rings is 2. The van der Waals surface area contributed by atoms with Crippen molar-refractivity contribution in [3.8, 4) is 22.8 Å². The third-order valence-corrected chi connectivity index (χ3v) is 5.13. The van der Waals surface area contributed by atoms with Gasteiger partial charge in [-0.05, 0) is 42.8 Å². The highest BCUT2D eigenvalue weighted by molar-refractivity contribution is 7.99. The van der Waals surface area contributed by atoms with Crippen molar-refractivity contribution in [1.82, 2.24) is 19.7 Å². The van der Waals surface area contributed by atoms with Gasteiger partial charge in [0, 0.05) is 23.7 Å². The molecule has 4 rings (SSSR count). The van der Waals surface area contributed by atoms with Crippen molar-refractivity contribution in [2.75, 3.05) is 12.4 Å². The van der Waals surface area contributed by atoms with E-state index in [1.807, 2.05) is 60.8 Å². The summed E-state index contributed by atoms with van der Waals surface area (Å²) in [4.78, 5) is 4.23. The fourth-order valence-corrected chi connectivity index (χ4v) is 3.65. The Bertz CT molecular complexity index is 1030. The lowest BCUT2D eigenvalue weighted by atomic mass is 10.2. The van der Waals surface area contributed by atoms with Crippen LogP contribution >= 0.6 is 11.8 Å². The molecule has 2 aromatic carbocycles. The molecule has 5 nitrogen and oxygen atoms in total. The normalized spacial score (nSPS) is 10.8. The zero-order valence-electron chi connectivity index (χ0n) is 15.5. The second kappa shape index (κ2) is 8.71. The van der Waals surface area contributed by atoms with Crippen LogP contribution in [-0.4, -0.2) is 32.1 Å². The molecule has 0 spiro atoms. The molecule has 0 amide bonds. The van der Waals surface area contributed by atoms with Crippen LogP contribution in [0.15, 0.2) is 84.3 Å². The Morgan fingerprint density at radius 2 is 1.75 bits per heavy atom. The largest absolute Gasteiger partial charge is 0.493 e. The molecule has 4 aromatic rings. The Balaban J connectivity index is 1.59. The SMILES string of the molecule is Cc1ccccc1-n1c(SCCOc2ccccc2)nnc1-c1cccnc1. The fourth-order valence-electron chi connectivity index (χ4n) is 2.89. The maximum absolute atomic E-state index is 5.80. The Morgan fingerprint density at radius 3 is 2.54 bits per heavy atom. The number of rotatable bonds is 7. The van der Waals surface area contributed by atoms with Crippen molar-refractivity contribution in [1.29, 1.82) is 0 Å². The summed E-state index contributed by atoms with van der Waals surface area (Å²) >= 11 is 1.63. The van der Waals surface area contributed by atoms with Gasteiger partial charge in [-0.3, -0.25) is 9.55 Å². The molecular weight excluding hydrogens is 368 g/mol. The van der Waals surface area contributed by atoms with Crippen LogP contribution in [0.1, 0.15) is 5.56 Å². The molecule has 0 aliphatic heterocycles. The molecular formula is C22H20N4OS. The van der Waals surface area contributed by atoms with E-state index in [1.54, 1.807) is 18.0 Å². The number of pyridine rings is 1. The van der Waals surface area contributed by atoms with E-state index in [0.717, 1.165) is 39.3 Å². The van der Waals surface area contributed by atoms with Gasteiger partial charge in [-0.2, -0.15) is 0 Å². The van der Waals surface area contributed by atoms with Crippen LogP contribution in [0.3, 0.4) is 0 Å². The van der Waals surface area contributed by atoms with Gasteiger partial charge < -0.3 is 4.74 Å². The lowest BCUT2D eigenvalue weighted by Gasteiger charge is -2.13. The van der Waals surface area contributed by atoms with E-state index in [2.05, 4.69) is 38.8 Å². The summed E-state index contributed by atoms with van der Waals surface area (Å²) < 4.78 is 7.90. The third kappa shape index (κ3) is 4.07. The zero-order valence-corrected chi connectivity index (χ0v) is 16.3. The minimum atomic E-state index is 0.595. The van der Waals surface area contributed by atoms with Crippen molar-refractivity contribution in [3.63, 3.8) is 0 Å². The molecule has 140 valence electrons. The molecule has 0 bridgehead atoms. The standard InChI is InChI=1S/C22H20N4OS/c1-17-8-5-6-12-20(17)26-21(18-9-7-13-23-16-18)24-25-22(26)28-15-14-27-19-10-3-2-4-11-19/h2-13,16H,14-15H2,1H3. The summed E-state index contributed by atoms with van der Waals surface area (Å²) in [5.41, 5.74) is 3.17. The molecule has 2 aromatic heterocycles. The molecule has 0 saturated heterocycles. The van der Waals surface area contributed by atoms with Crippen LogP contribution in [0, 0.1) is 6.92 Å². The topological polar surface area (TPSA) is 52.8 Å². The highest BCUT2D eigenvalue weighted by Gasteiger charge is 2.17. The number of thioether (sulfide) groups is 1. The summed E-state index contributed by atoms with van der Waals surface area (Å²) in [5, 5.41) is 9.74. The van der Waals surface area contributed by atoms with Crippen molar-refractivity contribution < 1.29 is 4.74 Å². The minimum absolute atomic E-state index is 0.595. The minimum Gasteiger partial charge on any atom is -0.493 e. The van der Waals surface area contributed by atoms with Crippen molar-refractivity contribution >= 4 is 11.8 Å². The summed E-state index contributed by atoms with van der Waals surface area (Å²) in [6, 6.07) is 22.0. The average Bonchev–Trinajstić information content (AvgIpc) is 3.16. The van der Waals surface area contributed by atoms with Crippen molar-refractivity contribution in [2.45, 2.75) is 12.1 Å². The number of aryl methyl sites for hydroxylation is 1. The van der Waals surface area contributed by atoms with Gasteiger partial charge in [0.15, 0.2) is 11.0 Å². The summed E-state index contributed by atoms with van der Waals surface area (Å²) in [5.74, 6) is 2.43. The fraction of sp³-hybridized carbons (Fsp3) is 0.136. The first-order chi connectivity index (χ1) is 13.8. The Labute approximate surface area is 168 Å². The first-order valence-electron chi connectivity index (χ1n) is 9.05. The molecule has 6 heteroatoms. The van der Waals surface area contributed by atoms with Crippen molar-refractivity contribution in [2.24, 2.45) is 0 Å². The monoisotopic (exact) mass is 388 g/mol. The highest BCUT2D eigenvalue weighted by Crippen LogP contribution is 2.29. The molecule has 0 aliphatic rings. The molecule has 28 heavy (non-hydrogen) atoms. The second-order valence-corrected chi connectivity index (χ2v) is 7.24. The van der Waals surface area contributed by atoms with E-state index in [-0.39, 0.29) is 0 Å². The molecule has 2 heterocycles. The first kappa shape index (κ1) is 18.3. The lowest BCUT2D eigenvalue weighted by Crippen LogP contribution is -2.04. The van der Waals surface area contributed by atoms with E-state index < -0.39 is 0 Å². The molecule has 0 unspecified atom stereocenters. The first-order valence-corrected chi connectivity index (χ1v) is 10.0. The van der Waals surface area contributed by atoms with Crippen LogP contribution in [-0.2, 0) is 0 Å². The molecule has 0 aliphatic carbocycles. The summed E-state index contributed by atoms with van der Waals surface area (Å²) in [6.45, 7) is 2.69. The van der Waals surface area contributed by atoms with Crippen LogP contribution in [0.25, 0.3) is 17.1 Å². The van der Waals surface area contributed by atoms with Crippen LogP contribution in [0.4, 0.5) is 0 Å². The van der Waals surface area contributed by atoms with Gasteiger partial charge in [0.05, 0.1) is 12.3 Å². The van der Waals surface area contributed by atoms with Gasteiger partial charge in [0.1, 0.15) is 5.75 Å². The third-order valence-electron chi connectivity index (χ3n) is 4.24. The number of aromatic nitrogens is 4. The molecule has 0 fully saturated rings. The number of ether oxygens (including phenoxy) is 1. The van der Waals surface area contributed by atoms with Gasteiger partial charge in [-0.25, -0.2) is 0 Å². The summed E-state index contributed by atoms with van der Waals surface area (Å²) in [6.07, 6.45) is 3.57. The van der Waals surface area contributed by atoms with Crippen LogP contribution < -0.4 is 4.74 Å². The predicted molar refractivity (Wildman–Crippen MR) is 112 cm³/mol. The van der Waals surface area contributed by atoms with Crippen LogP contribution in [0.5, 0.6) is 5.75 Å². The number of para-hydroxylation sites is 2. The second-order valence-electron chi connectivity index (χ2n) is 6.18. The number of hydrogen-bond acceptors (Lipinski definition) is 5. The highest BCUT2D eigenvalue weighted by atomic mass is 32.2. The Hall–Kier alpha value is -3.12. The van der Waals surface area contributed by atoms with Gasteiger partial charge in [0.2, 0.25) is 0 Å². The smallest absolute Gasteiger partial charge is 0.196 e. The van der Waals surface area contributed by atoms with Gasteiger partial charge in [0.25, 0.3) is 0 Å². The number of nitrogens with zero attached hydrogens (tertiary/aromatic N) is 4. The van der Waals surface area contributed by atoms with E-state index >= 15 is 0 Å². The van der Waals surface area contributed by atoms with Gasteiger partial charge in [-0.1, -0.05) is 48.2 Å². The molecule has 0 radical (unpaired) electrons. The van der Waals surface area contributed by atoms with E-state index in [4.69, 9.17) is 4.74 Å². The molecule has 0 atom stereocenters. The average molecular weight is 388 g/mol.